The molecule has 0 radical (unpaired) electrons. The molecule has 0 bridgehead atoms. The summed E-state index contributed by atoms with van der Waals surface area (Å²) in [6.07, 6.45) is 4.10. The first-order valence-electron chi connectivity index (χ1n) is 11.3. The zero-order valence-corrected chi connectivity index (χ0v) is 19.0. The SMILES string of the molecule is Cc1cc2c(Oc3ccc4[nH]ccc4c3F)ncnc2cc1OCCCN1CCN(C)CC1. The zero-order chi connectivity index (χ0) is 22.8. The van der Waals surface area contributed by atoms with Crippen LogP contribution in [0.15, 0.2) is 42.9 Å². The van der Waals surface area contributed by atoms with Crippen LogP contribution in [0.2, 0.25) is 0 Å². The van der Waals surface area contributed by atoms with E-state index in [0.29, 0.717) is 28.8 Å². The van der Waals surface area contributed by atoms with Crippen LogP contribution in [0, 0.1) is 12.7 Å². The Kier molecular flexibility index (Phi) is 6.11. The average molecular weight is 450 g/mol. The predicted octanol–water partition coefficient (Wildman–Crippen LogP) is 4.37. The van der Waals surface area contributed by atoms with Crippen molar-refractivity contribution in [2.45, 2.75) is 13.3 Å². The van der Waals surface area contributed by atoms with Crippen LogP contribution in [0.25, 0.3) is 21.8 Å². The summed E-state index contributed by atoms with van der Waals surface area (Å²) in [6.45, 7) is 8.15. The topological polar surface area (TPSA) is 66.5 Å². The summed E-state index contributed by atoms with van der Waals surface area (Å²) in [7, 11) is 2.17. The monoisotopic (exact) mass is 449 g/mol. The van der Waals surface area contributed by atoms with Gasteiger partial charge in [0.15, 0.2) is 11.6 Å². The molecule has 2 aromatic heterocycles. The third-order valence-corrected chi connectivity index (χ3v) is 6.21. The number of hydrogen-bond acceptors (Lipinski definition) is 6. The van der Waals surface area contributed by atoms with Gasteiger partial charge in [-0.2, -0.15) is 0 Å². The molecule has 2 aromatic carbocycles. The number of piperazine rings is 1. The molecule has 5 rings (SSSR count). The van der Waals surface area contributed by atoms with E-state index in [4.69, 9.17) is 9.47 Å². The molecule has 0 saturated carbocycles. The first-order valence-corrected chi connectivity index (χ1v) is 11.3. The van der Waals surface area contributed by atoms with Crippen LogP contribution in [0.4, 0.5) is 4.39 Å². The van der Waals surface area contributed by atoms with Gasteiger partial charge in [0.1, 0.15) is 12.1 Å². The molecular weight excluding hydrogens is 421 g/mol. The van der Waals surface area contributed by atoms with E-state index in [1.54, 1.807) is 24.4 Å². The van der Waals surface area contributed by atoms with Gasteiger partial charge in [0.2, 0.25) is 5.88 Å². The quantitative estimate of drug-likeness (QED) is 0.423. The highest BCUT2D eigenvalue weighted by atomic mass is 19.1. The fraction of sp³-hybridized carbons (Fsp3) is 0.360. The number of ether oxygens (including phenoxy) is 2. The van der Waals surface area contributed by atoms with Crippen molar-refractivity contribution in [3.63, 3.8) is 0 Å². The number of fused-ring (bicyclic) bond motifs is 2. The summed E-state index contributed by atoms with van der Waals surface area (Å²) in [5, 5.41) is 1.20. The lowest BCUT2D eigenvalue weighted by Crippen LogP contribution is -2.44. The molecular formula is C25H28FN5O2. The Balaban J connectivity index is 1.29. The van der Waals surface area contributed by atoms with E-state index in [2.05, 4.69) is 31.8 Å². The van der Waals surface area contributed by atoms with Gasteiger partial charge in [-0.1, -0.05) is 0 Å². The number of likely N-dealkylation sites (N-methyl/N-ethyl adjacent to an activating group) is 1. The Hall–Kier alpha value is -3.23. The molecule has 4 aromatic rings. The Bertz CT molecular complexity index is 1270. The standard InChI is InChI=1S/C25H28FN5O2/c1-17-14-19-21(15-23(17)32-13-3-8-31-11-9-30(2)10-12-31)28-16-29-25(19)33-22-5-4-20-18(24(22)26)6-7-27-20/h4-7,14-16,27H,3,8-13H2,1-2H3. The molecule has 1 fully saturated rings. The van der Waals surface area contributed by atoms with Gasteiger partial charge in [0, 0.05) is 55.9 Å². The lowest BCUT2D eigenvalue weighted by Gasteiger charge is -2.32. The Morgan fingerprint density at radius 1 is 1.03 bits per heavy atom. The third kappa shape index (κ3) is 4.62. The number of nitrogens with zero attached hydrogens (tertiary/aromatic N) is 4. The molecule has 33 heavy (non-hydrogen) atoms. The number of halogens is 1. The number of hydrogen-bond donors (Lipinski definition) is 1. The molecule has 7 nitrogen and oxygen atoms in total. The molecule has 0 amide bonds. The number of aryl methyl sites for hydroxylation is 1. The Labute approximate surface area is 192 Å². The van der Waals surface area contributed by atoms with Crippen LogP contribution >= 0.6 is 0 Å². The van der Waals surface area contributed by atoms with Crippen molar-refractivity contribution in [3.8, 4) is 17.4 Å². The smallest absolute Gasteiger partial charge is 0.230 e. The van der Waals surface area contributed by atoms with Crippen LogP contribution in [0.5, 0.6) is 17.4 Å². The number of H-pyrrole nitrogens is 1. The summed E-state index contributed by atoms with van der Waals surface area (Å²) in [6, 6.07) is 8.92. The lowest BCUT2D eigenvalue weighted by atomic mass is 10.1. The second-order valence-corrected chi connectivity index (χ2v) is 8.58. The molecule has 8 heteroatoms. The van der Waals surface area contributed by atoms with E-state index in [1.165, 1.54) is 6.33 Å². The summed E-state index contributed by atoms with van der Waals surface area (Å²) in [4.78, 5) is 16.5. The summed E-state index contributed by atoms with van der Waals surface area (Å²) >= 11 is 0. The summed E-state index contributed by atoms with van der Waals surface area (Å²) < 4.78 is 26.8. The van der Waals surface area contributed by atoms with Gasteiger partial charge in [-0.3, -0.25) is 0 Å². The lowest BCUT2D eigenvalue weighted by molar-refractivity contribution is 0.145. The molecule has 1 aliphatic rings. The fourth-order valence-electron chi connectivity index (χ4n) is 4.21. The minimum atomic E-state index is -0.419. The minimum absolute atomic E-state index is 0.129. The second kappa shape index (κ2) is 9.33. The molecule has 1 aliphatic heterocycles. The zero-order valence-electron chi connectivity index (χ0n) is 19.0. The van der Waals surface area contributed by atoms with E-state index in [9.17, 15) is 4.39 Å². The van der Waals surface area contributed by atoms with Crippen LogP contribution in [-0.2, 0) is 0 Å². The van der Waals surface area contributed by atoms with E-state index in [1.807, 2.05) is 19.1 Å². The van der Waals surface area contributed by atoms with Crippen LogP contribution < -0.4 is 9.47 Å². The van der Waals surface area contributed by atoms with Gasteiger partial charge < -0.3 is 24.3 Å². The highest BCUT2D eigenvalue weighted by Gasteiger charge is 2.15. The van der Waals surface area contributed by atoms with Gasteiger partial charge in [-0.25, -0.2) is 14.4 Å². The van der Waals surface area contributed by atoms with Gasteiger partial charge in [0.05, 0.1) is 17.5 Å². The number of aromatic amines is 1. The first-order chi connectivity index (χ1) is 16.1. The maximum Gasteiger partial charge on any atom is 0.230 e. The molecule has 172 valence electrons. The van der Waals surface area contributed by atoms with Crippen LogP contribution in [0.1, 0.15) is 12.0 Å². The number of rotatable bonds is 7. The molecule has 0 atom stereocenters. The van der Waals surface area contributed by atoms with Crippen molar-refractivity contribution in [2.24, 2.45) is 0 Å². The normalized spacial score (nSPS) is 15.4. The van der Waals surface area contributed by atoms with E-state index in [0.717, 1.165) is 56.0 Å². The van der Waals surface area contributed by atoms with E-state index < -0.39 is 5.82 Å². The van der Waals surface area contributed by atoms with Crippen LogP contribution in [0.3, 0.4) is 0 Å². The second-order valence-electron chi connectivity index (χ2n) is 8.58. The summed E-state index contributed by atoms with van der Waals surface area (Å²) in [5.41, 5.74) is 2.38. The molecule has 1 saturated heterocycles. The van der Waals surface area contributed by atoms with Crippen molar-refractivity contribution in [2.75, 3.05) is 46.4 Å². The Morgan fingerprint density at radius 3 is 2.73 bits per heavy atom. The van der Waals surface area contributed by atoms with E-state index >= 15 is 0 Å². The first kappa shape index (κ1) is 21.6. The number of nitrogens with one attached hydrogen (secondary N) is 1. The number of aromatic nitrogens is 3. The third-order valence-electron chi connectivity index (χ3n) is 6.21. The molecule has 3 heterocycles. The largest absolute Gasteiger partial charge is 0.493 e. The van der Waals surface area contributed by atoms with Gasteiger partial charge >= 0.3 is 0 Å². The highest BCUT2D eigenvalue weighted by Crippen LogP contribution is 2.34. The average Bonchev–Trinajstić information content (AvgIpc) is 3.30. The van der Waals surface area contributed by atoms with Crippen molar-refractivity contribution >= 4 is 21.8 Å². The summed E-state index contributed by atoms with van der Waals surface area (Å²) in [5.74, 6) is 0.825. The van der Waals surface area contributed by atoms with Crippen LogP contribution in [-0.4, -0.2) is 71.1 Å². The van der Waals surface area contributed by atoms with Gasteiger partial charge in [0.25, 0.3) is 0 Å². The van der Waals surface area contributed by atoms with Crippen molar-refractivity contribution in [1.29, 1.82) is 0 Å². The van der Waals surface area contributed by atoms with Crippen molar-refractivity contribution in [1.82, 2.24) is 24.8 Å². The maximum atomic E-state index is 14.8. The molecule has 0 unspecified atom stereocenters. The van der Waals surface area contributed by atoms with Gasteiger partial charge in [-0.05, 0) is 50.2 Å². The molecule has 0 aliphatic carbocycles. The van der Waals surface area contributed by atoms with Crippen molar-refractivity contribution < 1.29 is 13.9 Å². The van der Waals surface area contributed by atoms with E-state index in [-0.39, 0.29) is 5.75 Å². The molecule has 1 N–H and O–H groups in total. The van der Waals surface area contributed by atoms with Gasteiger partial charge in [-0.15, -0.1) is 0 Å². The highest BCUT2D eigenvalue weighted by molar-refractivity contribution is 5.86. The fourth-order valence-corrected chi connectivity index (χ4v) is 4.21. The Morgan fingerprint density at radius 2 is 1.88 bits per heavy atom. The van der Waals surface area contributed by atoms with Crippen molar-refractivity contribution in [3.05, 3.63) is 54.2 Å². The predicted molar refractivity (Wildman–Crippen MR) is 127 cm³/mol. The maximum absolute atomic E-state index is 14.8. The number of benzene rings is 2. The minimum Gasteiger partial charge on any atom is -0.493 e. The molecule has 0 spiro atoms.